The Hall–Kier alpha value is -2.86. The number of para-hydroxylation sites is 1. The summed E-state index contributed by atoms with van der Waals surface area (Å²) in [5.41, 5.74) is 2.59. The van der Waals surface area contributed by atoms with Gasteiger partial charge in [0.25, 0.3) is 5.91 Å². The van der Waals surface area contributed by atoms with E-state index in [2.05, 4.69) is 27.2 Å². The largest absolute Gasteiger partial charge is 0.371 e. The SMILES string of the molecule is Cc1nc(C(=O)Nc2ccc(N3CCC(C)C3)cc2)nn1-c1ccccc1Cl. The monoisotopic (exact) mass is 395 g/mol. The Labute approximate surface area is 169 Å². The van der Waals surface area contributed by atoms with E-state index in [4.69, 9.17) is 11.6 Å². The van der Waals surface area contributed by atoms with Gasteiger partial charge in [0.15, 0.2) is 0 Å². The summed E-state index contributed by atoms with van der Waals surface area (Å²) in [4.78, 5) is 19.2. The normalized spacial score (nSPS) is 16.4. The zero-order valence-corrected chi connectivity index (χ0v) is 16.6. The molecule has 1 aromatic heterocycles. The van der Waals surface area contributed by atoms with Crippen molar-refractivity contribution in [2.75, 3.05) is 23.3 Å². The van der Waals surface area contributed by atoms with Gasteiger partial charge in [0, 0.05) is 24.5 Å². The van der Waals surface area contributed by atoms with Crippen LogP contribution in [0.25, 0.3) is 5.69 Å². The van der Waals surface area contributed by atoms with E-state index in [1.165, 1.54) is 12.1 Å². The molecule has 144 valence electrons. The molecule has 1 amide bonds. The van der Waals surface area contributed by atoms with Crippen LogP contribution >= 0.6 is 11.6 Å². The van der Waals surface area contributed by atoms with Crippen LogP contribution in [0, 0.1) is 12.8 Å². The first kappa shape index (κ1) is 18.5. The number of carbonyl (C=O) groups excluding carboxylic acids is 1. The van der Waals surface area contributed by atoms with Gasteiger partial charge in [0.1, 0.15) is 5.82 Å². The summed E-state index contributed by atoms with van der Waals surface area (Å²) >= 11 is 6.23. The van der Waals surface area contributed by atoms with E-state index in [1.807, 2.05) is 42.5 Å². The Morgan fingerprint density at radius 3 is 2.61 bits per heavy atom. The van der Waals surface area contributed by atoms with Crippen molar-refractivity contribution in [3.05, 3.63) is 65.2 Å². The maximum atomic E-state index is 12.6. The van der Waals surface area contributed by atoms with Gasteiger partial charge in [-0.25, -0.2) is 9.67 Å². The predicted molar refractivity (Wildman–Crippen MR) is 111 cm³/mol. The lowest BCUT2D eigenvalue weighted by Crippen LogP contribution is -2.19. The highest BCUT2D eigenvalue weighted by Crippen LogP contribution is 2.25. The Balaban J connectivity index is 1.48. The van der Waals surface area contributed by atoms with Gasteiger partial charge >= 0.3 is 0 Å². The quantitative estimate of drug-likeness (QED) is 0.714. The van der Waals surface area contributed by atoms with Crippen molar-refractivity contribution in [2.24, 2.45) is 5.92 Å². The lowest BCUT2D eigenvalue weighted by Gasteiger charge is -2.18. The van der Waals surface area contributed by atoms with Gasteiger partial charge in [-0.3, -0.25) is 4.79 Å². The maximum absolute atomic E-state index is 12.6. The van der Waals surface area contributed by atoms with Crippen molar-refractivity contribution in [3.63, 3.8) is 0 Å². The molecule has 0 radical (unpaired) electrons. The number of nitrogens with zero attached hydrogens (tertiary/aromatic N) is 4. The number of benzene rings is 2. The number of aromatic nitrogens is 3. The van der Waals surface area contributed by atoms with Gasteiger partial charge in [0.2, 0.25) is 5.82 Å². The molecule has 2 heterocycles. The van der Waals surface area contributed by atoms with E-state index in [1.54, 1.807) is 17.7 Å². The molecule has 2 aromatic carbocycles. The van der Waals surface area contributed by atoms with Gasteiger partial charge in [-0.2, -0.15) is 0 Å². The molecular weight excluding hydrogens is 374 g/mol. The standard InChI is InChI=1S/C21H22ClN5O/c1-14-11-12-26(13-14)17-9-7-16(8-10-17)24-21(28)20-23-15(2)27(25-20)19-6-4-3-5-18(19)22/h3-10,14H,11-13H2,1-2H3,(H,24,28). The number of carbonyl (C=O) groups is 1. The van der Waals surface area contributed by atoms with Gasteiger partial charge in [0.05, 0.1) is 10.7 Å². The van der Waals surface area contributed by atoms with E-state index < -0.39 is 0 Å². The van der Waals surface area contributed by atoms with Crippen LogP contribution in [0.3, 0.4) is 0 Å². The van der Waals surface area contributed by atoms with Crippen LogP contribution in [-0.2, 0) is 0 Å². The lowest BCUT2D eigenvalue weighted by molar-refractivity contribution is 0.101. The highest BCUT2D eigenvalue weighted by Gasteiger charge is 2.19. The van der Waals surface area contributed by atoms with Crippen LogP contribution in [0.5, 0.6) is 0 Å². The number of hydrogen-bond donors (Lipinski definition) is 1. The molecular formula is C21H22ClN5O. The second-order valence-electron chi connectivity index (χ2n) is 7.19. The number of hydrogen-bond acceptors (Lipinski definition) is 4. The van der Waals surface area contributed by atoms with Crippen molar-refractivity contribution in [2.45, 2.75) is 20.3 Å². The van der Waals surface area contributed by atoms with Gasteiger partial charge in [-0.1, -0.05) is 30.7 Å². The average molecular weight is 396 g/mol. The van der Waals surface area contributed by atoms with Crippen molar-refractivity contribution < 1.29 is 4.79 Å². The molecule has 1 fully saturated rings. The first-order chi connectivity index (χ1) is 13.5. The highest BCUT2D eigenvalue weighted by atomic mass is 35.5. The fourth-order valence-electron chi connectivity index (χ4n) is 3.45. The second kappa shape index (κ2) is 7.64. The number of aryl methyl sites for hydroxylation is 1. The van der Waals surface area contributed by atoms with Crippen LogP contribution in [0.2, 0.25) is 5.02 Å². The summed E-state index contributed by atoms with van der Waals surface area (Å²) in [5.74, 6) is 1.07. The molecule has 1 atom stereocenters. The van der Waals surface area contributed by atoms with Gasteiger partial charge in [-0.05, 0) is 55.7 Å². The van der Waals surface area contributed by atoms with E-state index in [9.17, 15) is 4.79 Å². The zero-order valence-electron chi connectivity index (χ0n) is 15.9. The van der Waals surface area contributed by atoms with Crippen LogP contribution in [0.4, 0.5) is 11.4 Å². The summed E-state index contributed by atoms with van der Waals surface area (Å²) in [6, 6.07) is 15.2. The number of amides is 1. The summed E-state index contributed by atoms with van der Waals surface area (Å²) < 4.78 is 1.58. The van der Waals surface area contributed by atoms with Crippen molar-refractivity contribution in [1.29, 1.82) is 0 Å². The fourth-order valence-corrected chi connectivity index (χ4v) is 3.67. The Morgan fingerprint density at radius 2 is 1.93 bits per heavy atom. The minimum Gasteiger partial charge on any atom is -0.371 e. The predicted octanol–water partition coefficient (Wildman–Crippen LogP) is 4.33. The smallest absolute Gasteiger partial charge is 0.295 e. The van der Waals surface area contributed by atoms with E-state index >= 15 is 0 Å². The average Bonchev–Trinajstić information content (AvgIpc) is 3.29. The van der Waals surface area contributed by atoms with Crippen LogP contribution in [-0.4, -0.2) is 33.8 Å². The van der Waals surface area contributed by atoms with Crippen LogP contribution in [0.15, 0.2) is 48.5 Å². The van der Waals surface area contributed by atoms with Crippen LogP contribution < -0.4 is 10.2 Å². The molecule has 1 aliphatic heterocycles. The Kier molecular flexibility index (Phi) is 5.05. The topological polar surface area (TPSA) is 63.1 Å². The Bertz CT molecular complexity index is 998. The molecule has 3 aromatic rings. The van der Waals surface area contributed by atoms with Gasteiger partial charge in [-0.15, -0.1) is 5.10 Å². The number of halogens is 1. The Morgan fingerprint density at radius 1 is 1.18 bits per heavy atom. The third-order valence-electron chi connectivity index (χ3n) is 4.97. The van der Waals surface area contributed by atoms with E-state index in [-0.39, 0.29) is 11.7 Å². The lowest BCUT2D eigenvalue weighted by atomic mass is 10.2. The second-order valence-corrected chi connectivity index (χ2v) is 7.59. The first-order valence-electron chi connectivity index (χ1n) is 9.36. The molecule has 1 aliphatic rings. The third kappa shape index (κ3) is 3.73. The van der Waals surface area contributed by atoms with Crippen molar-refractivity contribution >= 4 is 28.9 Å². The minimum atomic E-state index is -0.351. The molecule has 1 saturated heterocycles. The molecule has 28 heavy (non-hydrogen) atoms. The third-order valence-corrected chi connectivity index (χ3v) is 5.29. The fraction of sp³-hybridized carbons (Fsp3) is 0.286. The molecule has 0 spiro atoms. The van der Waals surface area contributed by atoms with Crippen molar-refractivity contribution in [3.8, 4) is 5.69 Å². The summed E-state index contributed by atoms with van der Waals surface area (Å²) in [6.07, 6.45) is 1.22. The molecule has 6 nitrogen and oxygen atoms in total. The summed E-state index contributed by atoms with van der Waals surface area (Å²) in [7, 11) is 0. The highest BCUT2D eigenvalue weighted by molar-refractivity contribution is 6.32. The van der Waals surface area contributed by atoms with Crippen molar-refractivity contribution in [1.82, 2.24) is 14.8 Å². The molecule has 1 N–H and O–H groups in total. The molecule has 0 bridgehead atoms. The summed E-state index contributed by atoms with van der Waals surface area (Å²) in [6.45, 7) is 6.22. The molecule has 1 unspecified atom stereocenters. The minimum absolute atomic E-state index is 0.106. The number of nitrogens with one attached hydrogen (secondary N) is 1. The number of rotatable bonds is 4. The molecule has 7 heteroatoms. The number of anilines is 2. The van der Waals surface area contributed by atoms with Gasteiger partial charge < -0.3 is 10.2 Å². The first-order valence-corrected chi connectivity index (χ1v) is 9.74. The maximum Gasteiger partial charge on any atom is 0.295 e. The summed E-state index contributed by atoms with van der Waals surface area (Å²) in [5, 5.41) is 7.74. The molecule has 0 aliphatic carbocycles. The molecule has 0 saturated carbocycles. The van der Waals surface area contributed by atoms with E-state index in [0.717, 1.165) is 19.0 Å². The van der Waals surface area contributed by atoms with E-state index in [0.29, 0.717) is 22.2 Å². The zero-order chi connectivity index (χ0) is 19.7. The van der Waals surface area contributed by atoms with Crippen LogP contribution in [0.1, 0.15) is 29.8 Å². The molecule has 4 rings (SSSR count).